The van der Waals surface area contributed by atoms with Crippen molar-refractivity contribution < 1.29 is 18.3 Å². The number of amides is 1. The number of para-hydroxylation sites is 1. The number of halogens is 3. The van der Waals surface area contributed by atoms with Crippen molar-refractivity contribution in [2.75, 3.05) is 18.4 Å². The Balaban J connectivity index is 0.00000338. The minimum Gasteiger partial charge on any atom is -0.435 e. The SMILES string of the molecule is CC(CN)CNC(=O)c1ccccc1Nc1ccc(OC(F)F)cc1.Cl. The molecule has 0 saturated heterocycles. The smallest absolute Gasteiger partial charge is 0.387 e. The van der Waals surface area contributed by atoms with Crippen LogP contribution in [0.15, 0.2) is 48.5 Å². The van der Waals surface area contributed by atoms with Gasteiger partial charge in [-0.25, -0.2) is 0 Å². The zero-order valence-corrected chi connectivity index (χ0v) is 15.1. The highest BCUT2D eigenvalue weighted by Crippen LogP contribution is 2.23. The molecule has 2 rings (SSSR count). The minimum absolute atomic E-state index is 0. The van der Waals surface area contributed by atoms with Gasteiger partial charge < -0.3 is 21.1 Å². The summed E-state index contributed by atoms with van der Waals surface area (Å²) in [5.74, 6) is 0.0508. The van der Waals surface area contributed by atoms with Crippen LogP contribution in [0.4, 0.5) is 20.2 Å². The van der Waals surface area contributed by atoms with E-state index in [4.69, 9.17) is 5.73 Å². The van der Waals surface area contributed by atoms with Gasteiger partial charge in [0.1, 0.15) is 5.75 Å². The first kappa shape index (κ1) is 21.7. The molecule has 1 unspecified atom stereocenters. The number of hydrogen-bond donors (Lipinski definition) is 3. The van der Waals surface area contributed by atoms with Crippen LogP contribution in [0.2, 0.25) is 0 Å². The van der Waals surface area contributed by atoms with Gasteiger partial charge in [-0.15, -0.1) is 12.4 Å². The zero-order chi connectivity index (χ0) is 18.2. The Hall–Kier alpha value is -2.38. The molecule has 0 saturated carbocycles. The van der Waals surface area contributed by atoms with Crippen LogP contribution in [-0.4, -0.2) is 25.6 Å². The fraction of sp³-hybridized carbons (Fsp3) is 0.278. The minimum atomic E-state index is -2.86. The molecule has 26 heavy (non-hydrogen) atoms. The van der Waals surface area contributed by atoms with Crippen molar-refractivity contribution in [1.82, 2.24) is 5.32 Å². The third-order valence-corrected chi connectivity index (χ3v) is 3.54. The van der Waals surface area contributed by atoms with Crippen LogP contribution < -0.4 is 21.1 Å². The van der Waals surface area contributed by atoms with E-state index < -0.39 is 6.61 Å². The molecule has 5 nitrogen and oxygen atoms in total. The van der Waals surface area contributed by atoms with Crippen molar-refractivity contribution in [2.45, 2.75) is 13.5 Å². The molecule has 0 bridgehead atoms. The zero-order valence-electron chi connectivity index (χ0n) is 14.2. The normalized spacial score (nSPS) is 11.4. The van der Waals surface area contributed by atoms with Gasteiger partial charge in [-0.1, -0.05) is 19.1 Å². The molecule has 1 atom stereocenters. The van der Waals surface area contributed by atoms with E-state index in [0.717, 1.165) is 0 Å². The molecule has 8 heteroatoms. The maximum atomic E-state index is 12.4. The number of alkyl halides is 2. The summed E-state index contributed by atoms with van der Waals surface area (Å²) >= 11 is 0. The molecule has 0 aliphatic heterocycles. The summed E-state index contributed by atoms with van der Waals surface area (Å²) in [5, 5.41) is 5.95. The first-order chi connectivity index (χ1) is 12.0. The molecule has 2 aromatic rings. The van der Waals surface area contributed by atoms with Crippen molar-refractivity contribution in [2.24, 2.45) is 11.7 Å². The number of rotatable bonds is 8. The van der Waals surface area contributed by atoms with E-state index in [-0.39, 0.29) is 30.0 Å². The van der Waals surface area contributed by atoms with Gasteiger partial charge in [0.25, 0.3) is 5.91 Å². The number of anilines is 2. The Morgan fingerprint density at radius 2 is 1.81 bits per heavy atom. The summed E-state index contributed by atoms with van der Waals surface area (Å²) in [6.45, 7) is 0.0726. The number of nitrogens with one attached hydrogen (secondary N) is 2. The van der Waals surface area contributed by atoms with Gasteiger partial charge in [0.2, 0.25) is 0 Å². The second-order valence-corrected chi connectivity index (χ2v) is 5.62. The van der Waals surface area contributed by atoms with Crippen molar-refractivity contribution >= 4 is 29.7 Å². The lowest BCUT2D eigenvalue weighted by atomic mass is 10.1. The molecule has 0 fully saturated rings. The molecule has 0 aliphatic rings. The lowest BCUT2D eigenvalue weighted by Crippen LogP contribution is -2.31. The Morgan fingerprint density at radius 1 is 1.15 bits per heavy atom. The summed E-state index contributed by atoms with van der Waals surface area (Å²) in [4.78, 5) is 12.4. The van der Waals surface area contributed by atoms with E-state index in [0.29, 0.717) is 30.0 Å². The lowest BCUT2D eigenvalue weighted by molar-refractivity contribution is -0.0498. The van der Waals surface area contributed by atoms with E-state index in [1.807, 2.05) is 6.92 Å². The van der Waals surface area contributed by atoms with Crippen molar-refractivity contribution in [1.29, 1.82) is 0 Å². The number of nitrogens with two attached hydrogens (primary N) is 1. The van der Waals surface area contributed by atoms with Crippen LogP contribution in [-0.2, 0) is 0 Å². The van der Waals surface area contributed by atoms with E-state index in [2.05, 4.69) is 15.4 Å². The second-order valence-electron chi connectivity index (χ2n) is 5.62. The summed E-state index contributed by atoms with van der Waals surface area (Å²) < 4.78 is 28.7. The largest absolute Gasteiger partial charge is 0.435 e. The number of carbonyl (C=O) groups excluding carboxylic acids is 1. The van der Waals surface area contributed by atoms with Gasteiger partial charge in [0.05, 0.1) is 11.3 Å². The molecule has 0 spiro atoms. The lowest BCUT2D eigenvalue weighted by Gasteiger charge is -2.14. The number of ether oxygens (including phenoxy) is 1. The number of benzene rings is 2. The average Bonchev–Trinajstić information content (AvgIpc) is 2.61. The standard InChI is InChI=1S/C18H21F2N3O2.ClH/c1-12(10-21)11-22-17(24)15-4-2-3-5-16(15)23-13-6-8-14(9-7-13)25-18(19)20;/h2-9,12,18,23H,10-11,21H2,1H3,(H,22,24);1H. The summed E-state index contributed by atoms with van der Waals surface area (Å²) in [5.41, 5.74) is 7.30. The first-order valence-corrected chi connectivity index (χ1v) is 7.88. The molecular formula is C18H22ClF2N3O2. The molecular weight excluding hydrogens is 364 g/mol. The topological polar surface area (TPSA) is 76.4 Å². The summed E-state index contributed by atoms with van der Waals surface area (Å²) in [6.07, 6.45) is 0. The van der Waals surface area contributed by atoms with Crippen LogP contribution in [0, 0.1) is 5.92 Å². The van der Waals surface area contributed by atoms with Gasteiger partial charge in [-0.2, -0.15) is 8.78 Å². The fourth-order valence-electron chi connectivity index (χ4n) is 2.11. The first-order valence-electron chi connectivity index (χ1n) is 7.88. The van der Waals surface area contributed by atoms with Gasteiger partial charge >= 0.3 is 6.61 Å². The van der Waals surface area contributed by atoms with E-state index >= 15 is 0 Å². The highest BCUT2D eigenvalue weighted by molar-refractivity contribution is 6.00. The Bertz CT molecular complexity index is 699. The van der Waals surface area contributed by atoms with E-state index in [9.17, 15) is 13.6 Å². The monoisotopic (exact) mass is 385 g/mol. The third kappa shape index (κ3) is 6.50. The Morgan fingerprint density at radius 3 is 2.42 bits per heavy atom. The quantitative estimate of drug-likeness (QED) is 0.646. The maximum absolute atomic E-state index is 12.4. The second kappa shape index (κ2) is 10.6. The third-order valence-electron chi connectivity index (χ3n) is 3.54. The maximum Gasteiger partial charge on any atom is 0.387 e. The predicted octanol–water partition coefficient (Wildman–Crippen LogP) is 3.78. The number of carbonyl (C=O) groups is 1. The van der Waals surface area contributed by atoms with Crippen LogP contribution in [0.1, 0.15) is 17.3 Å². The van der Waals surface area contributed by atoms with Crippen molar-refractivity contribution in [3.05, 3.63) is 54.1 Å². The molecule has 1 amide bonds. The molecule has 0 aliphatic carbocycles. The van der Waals surface area contributed by atoms with Crippen LogP contribution in [0.5, 0.6) is 5.75 Å². The van der Waals surface area contributed by atoms with Gasteiger partial charge in [0.15, 0.2) is 0 Å². The van der Waals surface area contributed by atoms with Gasteiger partial charge in [-0.05, 0) is 48.9 Å². The highest BCUT2D eigenvalue weighted by Gasteiger charge is 2.12. The fourth-order valence-corrected chi connectivity index (χ4v) is 2.11. The van der Waals surface area contributed by atoms with Gasteiger partial charge in [-0.3, -0.25) is 4.79 Å². The average molecular weight is 386 g/mol. The summed E-state index contributed by atoms with van der Waals surface area (Å²) in [6, 6.07) is 13.1. The highest BCUT2D eigenvalue weighted by atomic mass is 35.5. The van der Waals surface area contributed by atoms with Crippen molar-refractivity contribution in [3.8, 4) is 5.75 Å². The van der Waals surface area contributed by atoms with Crippen LogP contribution in [0.3, 0.4) is 0 Å². The molecule has 4 N–H and O–H groups in total. The molecule has 0 radical (unpaired) electrons. The van der Waals surface area contributed by atoms with Crippen molar-refractivity contribution in [3.63, 3.8) is 0 Å². The molecule has 2 aromatic carbocycles. The predicted molar refractivity (Wildman–Crippen MR) is 101 cm³/mol. The summed E-state index contributed by atoms with van der Waals surface area (Å²) in [7, 11) is 0. The van der Waals surface area contributed by atoms with Crippen LogP contribution >= 0.6 is 12.4 Å². The van der Waals surface area contributed by atoms with E-state index in [1.54, 1.807) is 36.4 Å². The molecule has 0 heterocycles. The molecule has 0 aromatic heterocycles. The Kier molecular flexibility index (Phi) is 8.81. The van der Waals surface area contributed by atoms with Gasteiger partial charge in [0, 0.05) is 12.2 Å². The van der Waals surface area contributed by atoms with Crippen LogP contribution in [0.25, 0.3) is 0 Å². The van der Waals surface area contributed by atoms with E-state index in [1.165, 1.54) is 12.1 Å². The number of hydrogen-bond acceptors (Lipinski definition) is 4. The Labute approximate surface area is 157 Å². The molecule has 142 valence electrons.